The molecule has 1 fully saturated rings. The van der Waals surface area contributed by atoms with Crippen LogP contribution in [0.2, 0.25) is 5.02 Å². The van der Waals surface area contributed by atoms with Gasteiger partial charge in [-0.1, -0.05) is 17.7 Å². The molecule has 0 radical (unpaired) electrons. The minimum absolute atomic E-state index is 0.198. The van der Waals surface area contributed by atoms with Gasteiger partial charge in [-0.05, 0) is 62.9 Å². The van der Waals surface area contributed by atoms with E-state index in [-0.39, 0.29) is 4.90 Å². The van der Waals surface area contributed by atoms with Gasteiger partial charge in [-0.15, -0.1) is 0 Å². The van der Waals surface area contributed by atoms with Crippen molar-refractivity contribution in [1.29, 1.82) is 0 Å². The third-order valence-corrected chi connectivity index (χ3v) is 6.21. The molecule has 2 aromatic rings. The fourth-order valence-electron chi connectivity index (χ4n) is 2.92. The van der Waals surface area contributed by atoms with Crippen molar-refractivity contribution >= 4 is 21.6 Å². The summed E-state index contributed by atoms with van der Waals surface area (Å²) in [5.74, 6) is 0. The molecule has 4 nitrogen and oxygen atoms in total. The van der Waals surface area contributed by atoms with Crippen LogP contribution in [0, 0.1) is 20.8 Å². The number of sulfonamides is 1. The molecule has 0 saturated heterocycles. The van der Waals surface area contributed by atoms with Crippen LogP contribution in [0.1, 0.15) is 41.4 Å². The Kier molecular flexibility index (Phi) is 4.29. The summed E-state index contributed by atoms with van der Waals surface area (Å²) < 4.78 is 29.9. The maximum absolute atomic E-state index is 12.4. The standard InChI is InChI=1S/C17H21ClN2O2S/c1-11-4-7-16(9-17(11)18)23(21,22)19-10-14-8-12(2)20(13(14)3)15-5-6-15/h4,7-9,15,19H,5-6,10H2,1-3H3. The lowest BCUT2D eigenvalue weighted by Gasteiger charge is -2.10. The van der Waals surface area contributed by atoms with Crippen molar-refractivity contribution in [3.8, 4) is 0 Å². The summed E-state index contributed by atoms with van der Waals surface area (Å²) in [4.78, 5) is 0.198. The lowest BCUT2D eigenvalue weighted by molar-refractivity contribution is 0.581. The number of halogens is 1. The molecular weight excluding hydrogens is 332 g/mol. The van der Waals surface area contributed by atoms with Gasteiger partial charge in [-0.25, -0.2) is 13.1 Å². The second kappa shape index (κ2) is 5.96. The average Bonchev–Trinajstić information content (AvgIpc) is 3.26. The van der Waals surface area contributed by atoms with Crippen LogP contribution in [-0.2, 0) is 16.6 Å². The Bertz CT molecular complexity index is 852. The van der Waals surface area contributed by atoms with Gasteiger partial charge in [-0.2, -0.15) is 0 Å². The average molecular weight is 353 g/mol. The smallest absolute Gasteiger partial charge is 0.240 e. The molecule has 124 valence electrons. The molecule has 6 heteroatoms. The number of nitrogens with one attached hydrogen (secondary N) is 1. The van der Waals surface area contributed by atoms with Gasteiger partial charge in [0.1, 0.15) is 0 Å². The van der Waals surface area contributed by atoms with Crippen molar-refractivity contribution in [2.75, 3.05) is 0 Å². The normalized spacial score (nSPS) is 15.1. The van der Waals surface area contributed by atoms with E-state index in [9.17, 15) is 8.42 Å². The molecule has 1 heterocycles. The second-order valence-electron chi connectivity index (χ2n) is 6.23. The highest BCUT2D eigenvalue weighted by Crippen LogP contribution is 2.38. The van der Waals surface area contributed by atoms with Crippen LogP contribution in [0.5, 0.6) is 0 Å². The summed E-state index contributed by atoms with van der Waals surface area (Å²) in [6.45, 7) is 6.26. The molecule has 0 amide bonds. The van der Waals surface area contributed by atoms with Gasteiger partial charge < -0.3 is 4.57 Å². The van der Waals surface area contributed by atoms with E-state index >= 15 is 0 Å². The van der Waals surface area contributed by atoms with E-state index in [1.54, 1.807) is 12.1 Å². The number of nitrogens with zero attached hydrogens (tertiary/aromatic N) is 1. The first-order valence-electron chi connectivity index (χ1n) is 7.72. The molecule has 0 atom stereocenters. The maximum Gasteiger partial charge on any atom is 0.240 e. The molecule has 0 spiro atoms. The zero-order valence-electron chi connectivity index (χ0n) is 13.6. The van der Waals surface area contributed by atoms with E-state index in [1.165, 1.54) is 24.6 Å². The van der Waals surface area contributed by atoms with E-state index < -0.39 is 10.0 Å². The van der Waals surface area contributed by atoms with Crippen molar-refractivity contribution in [2.45, 2.75) is 51.1 Å². The SMILES string of the molecule is Cc1ccc(S(=O)(=O)NCc2cc(C)n(C3CC3)c2C)cc1Cl. The Morgan fingerprint density at radius 3 is 2.52 bits per heavy atom. The fraction of sp³-hybridized carbons (Fsp3) is 0.412. The van der Waals surface area contributed by atoms with Crippen LogP contribution in [-0.4, -0.2) is 13.0 Å². The fourth-order valence-corrected chi connectivity index (χ4v) is 4.19. The first-order chi connectivity index (χ1) is 10.8. The van der Waals surface area contributed by atoms with Crippen molar-refractivity contribution in [2.24, 2.45) is 0 Å². The van der Waals surface area contributed by atoms with Crippen LogP contribution in [0.3, 0.4) is 0 Å². The van der Waals surface area contributed by atoms with Crippen LogP contribution in [0.4, 0.5) is 0 Å². The summed E-state index contributed by atoms with van der Waals surface area (Å²) in [5, 5.41) is 0.458. The van der Waals surface area contributed by atoms with E-state index in [1.807, 2.05) is 6.92 Å². The molecule has 0 unspecified atom stereocenters. The zero-order valence-corrected chi connectivity index (χ0v) is 15.1. The number of rotatable bonds is 5. The van der Waals surface area contributed by atoms with Crippen molar-refractivity contribution in [1.82, 2.24) is 9.29 Å². The highest BCUT2D eigenvalue weighted by atomic mass is 35.5. The molecule has 0 aliphatic heterocycles. The van der Waals surface area contributed by atoms with Gasteiger partial charge in [-0.3, -0.25) is 0 Å². The van der Waals surface area contributed by atoms with Crippen LogP contribution < -0.4 is 4.72 Å². The maximum atomic E-state index is 12.4. The van der Waals surface area contributed by atoms with Crippen LogP contribution in [0.25, 0.3) is 0 Å². The zero-order chi connectivity index (χ0) is 16.8. The number of hydrogen-bond donors (Lipinski definition) is 1. The molecule has 1 N–H and O–H groups in total. The van der Waals surface area contributed by atoms with Crippen molar-refractivity contribution < 1.29 is 8.42 Å². The Morgan fingerprint density at radius 2 is 1.91 bits per heavy atom. The highest BCUT2D eigenvalue weighted by molar-refractivity contribution is 7.89. The number of aryl methyl sites for hydroxylation is 2. The summed E-state index contributed by atoms with van der Waals surface area (Å²) in [5.41, 5.74) is 4.22. The molecule has 1 aliphatic carbocycles. The topological polar surface area (TPSA) is 51.1 Å². The third-order valence-electron chi connectivity index (χ3n) is 4.41. The van der Waals surface area contributed by atoms with Crippen molar-refractivity contribution in [3.63, 3.8) is 0 Å². The molecule has 1 aromatic carbocycles. The Balaban J connectivity index is 1.79. The van der Waals surface area contributed by atoms with E-state index in [4.69, 9.17) is 11.6 Å². The quantitative estimate of drug-likeness (QED) is 0.887. The van der Waals surface area contributed by atoms with Gasteiger partial charge in [0.15, 0.2) is 0 Å². The van der Waals surface area contributed by atoms with Crippen molar-refractivity contribution in [3.05, 3.63) is 51.8 Å². The number of hydrogen-bond acceptors (Lipinski definition) is 2. The molecule has 23 heavy (non-hydrogen) atoms. The van der Waals surface area contributed by atoms with Crippen LogP contribution >= 0.6 is 11.6 Å². The van der Waals surface area contributed by atoms with E-state index in [0.717, 1.165) is 16.8 Å². The number of aromatic nitrogens is 1. The van der Waals surface area contributed by atoms with E-state index in [2.05, 4.69) is 29.2 Å². The molecule has 3 rings (SSSR count). The van der Waals surface area contributed by atoms with Crippen LogP contribution in [0.15, 0.2) is 29.2 Å². The van der Waals surface area contributed by atoms with E-state index in [0.29, 0.717) is 17.6 Å². The predicted octanol–water partition coefficient (Wildman–Crippen LogP) is 3.88. The summed E-state index contributed by atoms with van der Waals surface area (Å²) >= 11 is 6.03. The summed E-state index contributed by atoms with van der Waals surface area (Å²) in [6, 6.07) is 7.45. The Morgan fingerprint density at radius 1 is 1.22 bits per heavy atom. The molecule has 1 saturated carbocycles. The van der Waals surface area contributed by atoms with Gasteiger partial charge in [0, 0.05) is 29.0 Å². The minimum atomic E-state index is -3.57. The van der Waals surface area contributed by atoms with Gasteiger partial charge in [0.25, 0.3) is 0 Å². The molecular formula is C17H21ClN2O2S. The summed E-state index contributed by atoms with van der Waals surface area (Å²) in [6.07, 6.45) is 2.42. The second-order valence-corrected chi connectivity index (χ2v) is 8.41. The van der Waals surface area contributed by atoms with Gasteiger partial charge in [0.2, 0.25) is 10.0 Å². The minimum Gasteiger partial charge on any atom is -0.346 e. The number of benzene rings is 1. The lowest BCUT2D eigenvalue weighted by atomic mass is 10.2. The first-order valence-corrected chi connectivity index (χ1v) is 9.59. The Labute approximate surface area is 142 Å². The monoisotopic (exact) mass is 352 g/mol. The molecule has 1 aliphatic rings. The van der Waals surface area contributed by atoms with Gasteiger partial charge in [0.05, 0.1) is 4.90 Å². The first kappa shape index (κ1) is 16.6. The predicted molar refractivity (Wildman–Crippen MR) is 92.4 cm³/mol. The van der Waals surface area contributed by atoms with Gasteiger partial charge >= 0.3 is 0 Å². The Hall–Kier alpha value is -1.30. The third kappa shape index (κ3) is 3.32. The molecule has 0 bridgehead atoms. The highest BCUT2D eigenvalue weighted by Gasteiger charge is 2.27. The molecule has 1 aromatic heterocycles. The summed E-state index contributed by atoms with van der Waals surface area (Å²) in [7, 11) is -3.57. The lowest BCUT2D eigenvalue weighted by Crippen LogP contribution is -2.23. The largest absolute Gasteiger partial charge is 0.346 e.